The Labute approximate surface area is 202 Å². The Morgan fingerprint density at radius 3 is 2.15 bits per heavy atom. The smallest absolute Gasteiger partial charge is 0.149 e. The molecule has 170 valence electrons. The molecular formula is C31H32ClF. The summed E-state index contributed by atoms with van der Waals surface area (Å²) in [6.07, 6.45) is 12.9. The largest absolute Gasteiger partial charge is 0.205 e. The first-order valence-corrected chi connectivity index (χ1v) is 12.5. The maximum atomic E-state index is 15.2. The lowest BCUT2D eigenvalue weighted by Crippen LogP contribution is -2.05. The van der Waals surface area contributed by atoms with Crippen LogP contribution < -0.4 is 0 Å². The minimum atomic E-state index is -0.298. The lowest BCUT2D eigenvalue weighted by molar-refractivity contribution is 0.470. The van der Waals surface area contributed by atoms with Crippen LogP contribution in [0.25, 0.3) is 27.8 Å². The molecule has 1 atom stereocenters. The Bertz CT molecular complexity index is 1140. The van der Waals surface area contributed by atoms with Gasteiger partial charge in [0.05, 0.1) is 5.02 Å². The molecule has 0 bridgehead atoms. The van der Waals surface area contributed by atoms with Gasteiger partial charge in [0.2, 0.25) is 0 Å². The quantitative estimate of drug-likeness (QED) is 0.309. The number of benzene rings is 3. The van der Waals surface area contributed by atoms with E-state index in [2.05, 4.69) is 68.5 Å². The fraction of sp³-hybridized carbons (Fsp3) is 0.290. The Morgan fingerprint density at radius 2 is 1.55 bits per heavy atom. The molecule has 1 unspecified atom stereocenters. The first-order valence-electron chi connectivity index (χ1n) is 12.1. The van der Waals surface area contributed by atoms with Gasteiger partial charge in [-0.2, -0.15) is 0 Å². The van der Waals surface area contributed by atoms with Crippen molar-refractivity contribution in [2.24, 2.45) is 5.92 Å². The summed E-state index contributed by atoms with van der Waals surface area (Å²) in [4.78, 5) is 0. The molecule has 0 fully saturated rings. The summed E-state index contributed by atoms with van der Waals surface area (Å²) in [5.74, 6) is 0.424. The SMILES string of the molecule is C/C=C/CCc1ccc(-c2ccc(-c3ccc(C4=CCC(CC)CC4)c(F)c3Cl)cc2)cc1. The van der Waals surface area contributed by atoms with E-state index in [1.54, 1.807) is 0 Å². The molecule has 2 heteroatoms. The zero-order valence-electron chi connectivity index (χ0n) is 19.6. The molecule has 0 saturated carbocycles. The van der Waals surface area contributed by atoms with E-state index in [-0.39, 0.29) is 10.8 Å². The molecule has 0 N–H and O–H groups in total. The van der Waals surface area contributed by atoms with Crippen LogP contribution in [-0.2, 0) is 6.42 Å². The highest BCUT2D eigenvalue weighted by atomic mass is 35.5. The van der Waals surface area contributed by atoms with Crippen molar-refractivity contribution < 1.29 is 4.39 Å². The van der Waals surface area contributed by atoms with Crippen molar-refractivity contribution in [1.82, 2.24) is 0 Å². The highest BCUT2D eigenvalue weighted by molar-refractivity contribution is 6.33. The summed E-state index contributed by atoms with van der Waals surface area (Å²) in [6.45, 7) is 4.28. The summed E-state index contributed by atoms with van der Waals surface area (Å²) in [6, 6.07) is 20.8. The standard InChI is InChI=1S/C31H32ClF/c1-3-5-6-7-23-10-12-24(13-11-23)25-16-18-26(19-17-25)28-20-21-29(31(33)30(28)32)27-14-8-22(4-2)9-15-27/h3,5,10-14,16-22H,4,6-9,15H2,1-2H3/b5-3+. The maximum absolute atomic E-state index is 15.2. The Morgan fingerprint density at radius 1 is 0.909 bits per heavy atom. The van der Waals surface area contributed by atoms with Gasteiger partial charge in [-0.1, -0.05) is 104 Å². The van der Waals surface area contributed by atoms with Crippen molar-refractivity contribution in [3.63, 3.8) is 0 Å². The zero-order chi connectivity index (χ0) is 23.2. The van der Waals surface area contributed by atoms with Crippen molar-refractivity contribution in [1.29, 1.82) is 0 Å². The fourth-order valence-corrected chi connectivity index (χ4v) is 4.92. The molecule has 0 radical (unpaired) electrons. The molecule has 0 amide bonds. The molecule has 4 rings (SSSR count). The Kier molecular flexibility index (Phi) is 7.83. The van der Waals surface area contributed by atoms with Crippen LogP contribution in [0.2, 0.25) is 5.02 Å². The third kappa shape index (κ3) is 5.47. The fourth-order valence-electron chi connectivity index (χ4n) is 4.65. The van der Waals surface area contributed by atoms with Gasteiger partial charge in [0.15, 0.2) is 0 Å². The van der Waals surface area contributed by atoms with E-state index in [0.717, 1.165) is 60.3 Å². The summed E-state index contributed by atoms with van der Waals surface area (Å²) in [5, 5.41) is 0.212. The average molecular weight is 459 g/mol. The van der Waals surface area contributed by atoms with Crippen LogP contribution >= 0.6 is 11.6 Å². The summed E-state index contributed by atoms with van der Waals surface area (Å²) < 4.78 is 15.2. The highest BCUT2D eigenvalue weighted by Gasteiger charge is 2.19. The topological polar surface area (TPSA) is 0 Å². The van der Waals surface area contributed by atoms with E-state index in [0.29, 0.717) is 5.56 Å². The lowest BCUT2D eigenvalue weighted by atomic mass is 9.85. The van der Waals surface area contributed by atoms with Gasteiger partial charge in [0.25, 0.3) is 0 Å². The third-order valence-electron chi connectivity index (χ3n) is 6.84. The van der Waals surface area contributed by atoms with Gasteiger partial charge in [-0.3, -0.25) is 0 Å². The van der Waals surface area contributed by atoms with Crippen molar-refractivity contribution >= 4 is 17.2 Å². The Hall–Kier alpha value is -2.64. The third-order valence-corrected chi connectivity index (χ3v) is 7.21. The maximum Gasteiger partial charge on any atom is 0.149 e. The highest BCUT2D eigenvalue weighted by Crippen LogP contribution is 2.38. The van der Waals surface area contributed by atoms with Crippen LogP contribution in [0.15, 0.2) is 78.9 Å². The molecular weight excluding hydrogens is 427 g/mol. The molecule has 3 aromatic carbocycles. The minimum absolute atomic E-state index is 0.212. The van der Waals surface area contributed by atoms with Crippen molar-refractivity contribution in [3.8, 4) is 22.3 Å². The minimum Gasteiger partial charge on any atom is -0.205 e. The first-order chi connectivity index (χ1) is 16.1. The van der Waals surface area contributed by atoms with Gasteiger partial charge in [-0.25, -0.2) is 4.39 Å². The second-order valence-corrected chi connectivity index (χ2v) is 9.33. The summed E-state index contributed by atoms with van der Waals surface area (Å²) >= 11 is 6.53. The second kappa shape index (κ2) is 11.0. The first kappa shape index (κ1) is 23.5. The summed E-state index contributed by atoms with van der Waals surface area (Å²) in [7, 11) is 0. The van der Waals surface area contributed by atoms with Crippen molar-refractivity contribution in [2.75, 3.05) is 0 Å². The van der Waals surface area contributed by atoms with Gasteiger partial charge >= 0.3 is 0 Å². The summed E-state index contributed by atoms with van der Waals surface area (Å²) in [5.41, 5.74) is 7.09. The predicted molar refractivity (Wildman–Crippen MR) is 141 cm³/mol. The monoisotopic (exact) mass is 458 g/mol. The number of halogens is 2. The van der Waals surface area contributed by atoms with E-state index in [1.807, 2.05) is 24.3 Å². The van der Waals surface area contributed by atoms with Crippen molar-refractivity contribution in [3.05, 3.63) is 101 Å². The van der Waals surface area contributed by atoms with Gasteiger partial charge in [-0.05, 0) is 72.8 Å². The molecule has 3 aromatic rings. The van der Waals surface area contributed by atoms with Crippen LogP contribution in [0.3, 0.4) is 0 Å². The second-order valence-electron chi connectivity index (χ2n) is 8.95. The molecule has 0 aromatic heterocycles. The molecule has 33 heavy (non-hydrogen) atoms. The normalized spacial score (nSPS) is 16.2. The molecule has 0 saturated heterocycles. The number of hydrogen-bond acceptors (Lipinski definition) is 0. The van der Waals surface area contributed by atoms with Crippen LogP contribution in [0.1, 0.15) is 57.1 Å². The molecule has 1 aliphatic rings. The number of allylic oxidation sites excluding steroid dienone is 4. The van der Waals surface area contributed by atoms with Crippen LogP contribution in [0.5, 0.6) is 0 Å². The van der Waals surface area contributed by atoms with Gasteiger partial charge < -0.3 is 0 Å². The van der Waals surface area contributed by atoms with Crippen LogP contribution in [0, 0.1) is 11.7 Å². The van der Waals surface area contributed by atoms with Crippen LogP contribution in [-0.4, -0.2) is 0 Å². The van der Waals surface area contributed by atoms with E-state index < -0.39 is 0 Å². The Balaban J connectivity index is 1.52. The average Bonchev–Trinajstić information content (AvgIpc) is 2.86. The van der Waals surface area contributed by atoms with Gasteiger partial charge in [0.1, 0.15) is 5.82 Å². The number of rotatable bonds is 7. The number of hydrogen-bond donors (Lipinski definition) is 0. The van der Waals surface area contributed by atoms with Gasteiger partial charge in [0, 0.05) is 11.1 Å². The van der Waals surface area contributed by atoms with Crippen molar-refractivity contribution in [2.45, 2.75) is 52.4 Å². The van der Waals surface area contributed by atoms with E-state index in [1.165, 1.54) is 17.5 Å². The van der Waals surface area contributed by atoms with Crippen LogP contribution in [0.4, 0.5) is 4.39 Å². The van der Waals surface area contributed by atoms with Gasteiger partial charge in [-0.15, -0.1) is 0 Å². The molecule has 1 aliphatic carbocycles. The van der Waals surface area contributed by atoms with E-state index >= 15 is 4.39 Å². The molecule has 0 spiro atoms. The zero-order valence-corrected chi connectivity index (χ0v) is 20.3. The molecule has 0 heterocycles. The predicted octanol–water partition coefficient (Wildman–Crippen LogP) is 9.92. The lowest BCUT2D eigenvalue weighted by Gasteiger charge is -2.21. The van der Waals surface area contributed by atoms with E-state index in [9.17, 15) is 0 Å². The molecule has 0 aliphatic heterocycles. The van der Waals surface area contributed by atoms with E-state index in [4.69, 9.17) is 11.6 Å². The number of aryl methyl sites for hydroxylation is 1. The molecule has 0 nitrogen and oxygen atoms in total.